The summed E-state index contributed by atoms with van der Waals surface area (Å²) in [6.45, 7) is 5.55. The van der Waals surface area contributed by atoms with Crippen molar-refractivity contribution < 1.29 is 23.1 Å². The Morgan fingerprint density at radius 3 is 2.68 bits per heavy atom. The monoisotopic (exact) mass is 465 g/mol. The van der Waals surface area contributed by atoms with Gasteiger partial charge in [-0.15, -0.1) is 5.10 Å². The molecule has 0 aliphatic rings. The van der Waals surface area contributed by atoms with Gasteiger partial charge in [0, 0.05) is 5.69 Å². The number of amides is 1. The van der Waals surface area contributed by atoms with Crippen LogP contribution in [0.5, 0.6) is 11.5 Å². The van der Waals surface area contributed by atoms with Gasteiger partial charge in [0.15, 0.2) is 17.2 Å². The predicted octanol–water partition coefficient (Wildman–Crippen LogP) is 4.32. The molecule has 176 valence electrons. The highest BCUT2D eigenvalue weighted by Crippen LogP contribution is 2.38. The molecule has 0 saturated heterocycles. The Morgan fingerprint density at radius 2 is 1.94 bits per heavy atom. The Kier molecular flexibility index (Phi) is 6.31. The van der Waals surface area contributed by atoms with Crippen molar-refractivity contribution in [1.82, 2.24) is 20.0 Å². The fourth-order valence-electron chi connectivity index (χ4n) is 3.52. The number of para-hydroxylation sites is 1. The molecule has 1 N–H and O–H groups in total. The number of oxazole rings is 1. The number of carbonyl (C=O) groups excluding carboxylic acids is 1. The van der Waals surface area contributed by atoms with Gasteiger partial charge < -0.3 is 19.2 Å². The molecule has 0 radical (unpaired) electrons. The fourth-order valence-corrected chi connectivity index (χ4v) is 3.52. The van der Waals surface area contributed by atoms with Crippen LogP contribution in [-0.4, -0.2) is 40.1 Å². The van der Waals surface area contributed by atoms with Crippen molar-refractivity contribution in [3.8, 4) is 23.0 Å². The van der Waals surface area contributed by atoms with E-state index < -0.39 is 11.7 Å². The van der Waals surface area contributed by atoms with Crippen molar-refractivity contribution in [1.29, 1.82) is 0 Å². The van der Waals surface area contributed by atoms with Crippen LogP contribution >= 0.6 is 0 Å². The SMILES string of the molecule is COc1cccc(-c2nc(Cn3nnc(C(=O)Nc4cc(F)ccc4C)c3C)c(C)o2)c1OC. The molecule has 2 aromatic heterocycles. The van der Waals surface area contributed by atoms with Crippen LogP contribution in [0.2, 0.25) is 0 Å². The lowest BCUT2D eigenvalue weighted by molar-refractivity contribution is 0.102. The molecule has 0 aliphatic carbocycles. The number of benzene rings is 2. The predicted molar refractivity (Wildman–Crippen MR) is 123 cm³/mol. The molecule has 0 spiro atoms. The van der Waals surface area contributed by atoms with E-state index in [-0.39, 0.29) is 12.2 Å². The van der Waals surface area contributed by atoms with Crippen LogP contribution < -0.4 is 14.8 Å². The third-order valence-electron chi connectivity index (χ3n) is 5.47. The zero-order chi connectivity index (χ0) is 24.4. The van der Waals surface area contributed by atoms with Crippen LogP contribution in [0.25, 0.3) is 11.5 Å². The van der Waals surface area contributed by atoms with E-state index >= 15 is 0 Å². The summed E-state index contributed by atoms with van der Waals surface area (Å²) >= 11 is 0. The second-order valence-electron chi connectivity index (χ2n) is 7.66. The second-order valence-corrected chi connectivity index (χ2v) is 7.66. The van der Waals surface area contributed by atoms with Gasteiger partial charge in [0.1, 0.15) is 17.3 Å². The molecule has 0 unspecified atom stereocenters. The van der Waals surface area contributed by atoms with Gasteiger partial charge in [-0.05, 0) is 50.6 Å². The van der Waals surface area contributed by atoms with Gasteiger partial charge in [0.25, 0.3) is 5.91 Å². The van der Waals surface area contributed by atoms with Gasteiger partial charge in [-0.25, -0.2) is 14.1 Å². The maximum atomic E-state index is 13.6. The van der Waals surface area contributed by atoms with Gasteiger partial charge in [0.05, 0.1) is 32.0 Å². The number of ether oxygens (including phenoxy) is 2. The van der Waals surface area contributed by atoms with Crippen molar-refractivity contribution in [2.24, 2.45) is 0 Å². The average Bonchev–Trinajstić information content (AvgIpc) is 3.38. The molecule has 9 nitrogen and oxygen atoms in total. The topological polar surface area (TPSA) is 104 Å². The quantitative estimate of drug-likeness (QED) is 0.434. The zero-order valence-corrected chi connectivity index (χ0v) is 19.5. The molecule has 2 heterocycles. The molecule has 0 fully saturated rings. The first kappa shape index (κ1) is 23.0. The number of rotatable bonds is 7. The maximum Gasteiger partial charge on any atom is 0.278 e. The molecule has 4 aromatic rings. The third kappa shape index (κ3) is 4.34. The van der Waals surface area contributed by atoms with Crippen molar-refractivity contribution in [2.75, 3.05) is 19.5 Å². The summed E-state index contributed by atoms with van der Waals surface area (Å²) in [5.41, 5.74) is 3.06. The van der Waals surface area contributed by atoms with Gasteiger partial charge in [0.2, 0.25) is 5.89 Å². The molecule has 2 aromatic carbocycles. The van der Waals surface area contributed by atoms with E-state index in [4.69, 9.17) is 13.9 Å². The first-order valence-corrected chi connectivity index (χ1v) is 10.5. The minimum atomic E-state index is -0.476. The standard InChI is InChI=1S/C24H24FN5O4/c1-13-9-10-16(25)11-18(13)26-23(31)21-14(2)30(29-28-21)12-19-15(3)34-24(27-19)17-7-6-8-20(32-4)22(17)33-5/h6-11H,12H2,1-5H3,(H,26,31). The Labute approximate surface area is 195 Å². The van der Waals surface area contributed by atoms with E-state index in [1.54, 1.807) is 51.8 Å². The third-order valence-corrected chi connectivity index (χ3v) is 5.47. The van der Waals surface area contributed by atoms with E-state index in [2.05, 4.69) is 20.6 Å². The number of hydrogen-bond donors (Lipinski definition) is 1. The van der Waals surface area contributed by atoms with E-state index in [0.29, 0.717) is 45.8 Å². The smallest absolute Gasteiger partial charge is 0.278 e. The van der Waals surface area contributed by atoms with Crippen molar-refractivity contribution in [2.45, 2.75) is 27.3 Å². The number of carbonyl (C=O) groups is 1. The average molecular weight is 465 g/mol. The maximum absolute atomic E-state index is 13.6. The Hall–Kier alpha value is -4.21. The van der Waals surface area contributed by atoms with E-state index in [1.807, 2.05) is 12.1 Å². The van der Waals surface area contributed by atoms with Crippen LogP contribution in [0, 0.1) is 26.6 Å². The van der Waals surface area contributed by atoms with Crippen LogP contribution in [0.15, 0.2) is 40.8 Å². The fraction of sp³-hybridized carbons (Fsp3) is 0.250. The molecule has 34 heavy (non-hydrogen) atoms. The van der Waals surface area contributed by atoms with Gasteiger partial charge in [-0.3, -0.25) is 4.79 Å². The Balaban J connectivity index is 1.58. The minimum absolute atomic E-state index is 0.138. The summed E-state index contributed by atoms with van der Waals surface area (Å²) in [4.78, 5) is 17.4. The van der Waals surface area contributed by atoms with Crippen LogP contribution in [0.1, 0.15) is 33.2 Å². The molecule has 1 amide bonds. The number of halogens is 1. The van der Waals surface area contributed by atoms with Gasteiger partial charge >= 0.3 is 0 Å². The lowest BCUT2D eigenvalue weighted by Crippen LogP contribution is -2.15. The summed E-state index contributed by atoms with van der Waals surface area (Å²) in [5.74, 6) is 1.13. The summed E-state index contributed by atoms with van der Waals surface area (Å²) in [6, 6.07) is 9.63. The number of aryl methyl sites for hydroxylation is 2. The highest BCUT2D eigenvalue weighted by molar-refractivity contribution is 6.03. The number of anilines is 1. The largest absolute Gasteiger partial charge is 0.493 e. The number of aromatic nitrogens is 4. The molecule has 0 bridgehead atoms. The van der Waals surface area contributed by atoms with Crippen LogP contribution in [0.4, 0.5) is 10.1 Å². The van der Waals surface area contributed by atoms with Gasteiger partial charge in [-0.2, -0.15) is 0 Å². The van der Waals surface area contributed by atoms with Crippen LogP contribution in [0.3, 0.4) is 0 Å². The number of nitrogens with one attached hydrogen (secondary N) is 1. The van der Waals surface area contributed by atoms with Crippen LogP contribution in [-0.2, 0) is 6.54 Å². The Morgan fingerprint density at radius 1 is 1.15 bits per heavy atom. The summed E-state index contributed by atoms with van der Waals surface area (Å²) in [6.07, 6.45) is 0. The number of nitrogens with zero attached hydrogens (tertiary/aromatic N) is 4. The molecule has 10 heteroatoms. The molecule has 0 aliphatic heterocycles. The highest BCUT2D eigenvalue weighted by Gasteiger charge is 2.21. The zero-order valence-electron chi connectivity index (χ0n) is 19.5. The minimum Gasteiger partial charge on any atom is -0.493 e. The molecular weight excluding hydrogens is 441 g/mol. The number of methoxy groups -OCH3 is 2. The van der Waals surface area contributed by atoms with E-state index in [1.165, 1.54) is 12.1 Å². The second kappa shape index (κ2) is 9.34. The lowest BCUT2D eigenvalue weighted by Gasteiger charge is -2.10. The Bertz CT molecular complexity index is 1360. The van der Waals surface area contributed by atoms with Crippen molar-refractivity contribution >= 4 is 11.6 Å². The summed E-state index contributed by atoms with van der Waals surface area (Å²) in [5, 5.41) is 10.8. The summed E-state index contributed by atoms with van der Waals surface area (Å²) in [7, 11) is 3.11. The van der Waals surface area contributed by atoms with E-state index in [9.17, 15) is 9.18 Å². The van der Waals surface area contributed by atoms with Gasteiger partial charge in [-0.1, -0.05) is 17.3 Å². The van der Waals surface area contributed by atoms with E-state index in [0.717, 1.165) is 5.56 Å². The number of hydrogen-bond acceptors (Lipinski definition) is 7. The highest BCUT2D eigenvalue weighted by atomic mass is 19.1. The lowest BCUT2D eigenvalue weighted by atomic mass is 10.2. The molecular formula is C24H24FN5O4. The summed E-state index contributed by atoms with van der Waals surface area (Å²) < 4.78 is 31.8. The first-order valence-electron chi connectivity index (χ1n) is 10.5. The van der Waals surface area contributed by atoms with Crippen molar-refractivity contribution in [3.63, 3.8) is 0 Å². The van der Waals surface area contributed by atoms with Crippen molar-refractivity contribution in [3.05, 3.63) is 70.6 Å². The molecule has 0 saturated carbocycles. The molecule has 0 atom stereocenters. The first-order chi connectivity index (χ1) is 16.3. The molecule has 4 rings (SSSR count). The normalized spacial score (nSPS) is 10.9.